The minimum Gasteiger partial charge on any atom is -0.486 e. The van der Waals surface area contributed by atoms with Crippen molar-refractivity contribution in [3.05, 3.63) is 21.7 Å². The van der Waals surface area contributed by atoms with Crippen LogP contribution < -0.4 is 14.8 Å². The van der Waals surface area contributed by atoms with Crippen molar-refractivity contribution >= 4 is 27.7 Å². The molecular weight excluding hydrogens is 338 g/mol. The molecule has 5 heteroatoms. The molecule has 2 heterocycles. The van der Waals surface area contributed by atoms with Gasteiger partial charge in [-0.1, -0.05) is 29.8 Å². The van der Waals surface area contributed by atoms with E-state index in [1.807, 2.05) is 18.8 Å². The van der Waals surface area contributed by atoms with Crippen LogP contribution in [0.1, 0.15) is 31.0 Å². The lowest BCUT2D eigenvalue weighted by Crippen LogP contribution is -2.35. The van der Waals surface area contributed by atoms with E-state index in [2.05, 4.69) is 41.2 Å². The lowest BCUT2D eigenvalue weighted by atomic mass is 9.91. The van der Waals surface area contributed by atoms with Crippen LogP contribution in [0.2, 0.25) is 0 Å². The highest BCUT2D eigenvalue weighted by molar-refractivity contribution is 9.10. The Morgan fingerprint density at radius 1 is 1.35 bits per heavy atom. The van der Waals surface area contributed by atoms with Crippen LogP contribution >= 0.6 is 27.7 Å². The Labute approximate surface area is 132 Å². The van der Waals surface area contributed by atoms with E-state index in [-0.39, 0.29) is 0 Å². The van der Waals surface area contributed by atoms with Gasteiger partial charge in [0.2, 0.25) is 0 Å². The molecule has 0 bridgehead atoms. The third kappa shape index (κ3) is 2.34. The SMILES string of the molecule is CNC1c2c(c(Br)cc3c2OCCO3)CSC1C(C)C. The van der Waals surface area contributed by atoms with Gasteiger partial charge in [0, 0.05) is 27.1 Å². The first kappa shape index (κ1) is 14.5. The lowest BCUT2D eigenvalue weighted by Gasteiger charge is -2.38. The van der Waals surface area contributed by atoms with E-state index in [1.54, 1.807) is 0 Å². The topological polar surface area (TPSA) is 30.5 Å². The average Bonchev–Trinajstić information content (AvgIpc) is 2.46. The van der Waals surface area contributed by atoms with Crippen LogP contribution in [0.15, 0.2) is 10.5 Å². The normalized spacial score (nSPS) is 24.6. The minimum atomic E-state index is 0.302. The molecule has 3 nitrogen and oxygen atoms in total. The summed E-state index contributed by atoms with van der Waals surface area (Å²) in [7, 11) is 2.03. The Hall–Kier alpha value is -0.390. The summed E-state index contributed by atoms with van der Waals surface area (Å²) >= 11 is 5.72. The van der Waals surface area contributed by atoms with Crippen LogP contribution in [0.5, 0.6) is 11.5 Å². The standard InChI is InChI=1S/C15H20BrNO2S/c1-8(2)15-13(17-3)12-9(7-20-15)10(16)6-11-14(12)19-5-4-18-11/h6,8,13,15,17H,4-5,7H2,1-3H3. The van der Waals surface area contributed by atoms with E-state index in [4.69, 9.17) is 9.47 Å². The zero-order chi connectivity index (χ0) is 14.3. The molecule has 1 aromatic rings. The second kappa shape index (κ2) is 5.78. The van der Waals surface area contributed by atoms with Gasteiger partial charge in [0.25, 0.3) is 0 Å². The molecule has 2 aliphatic heterocycles. The molecule has 1 N–H and O–H groups in total. The first-order chi connectivity index (χ1) is 9.63. The summed E-state index contributed by atoms with van der Waals surface area (Å²) in [5.41, 5.74) is 2.63. The van der Waals surface area contributed by atoms with E-state index in [9.17, 15) is 0 Å². The van der Waals surface area contributed by atoms with Crippen molar-refractivity contribution in [2.45, 2.75) is 30.9 Å². The Morgan fingerprint density at radius 3 is 2.80 bits per heavy atom. The lowest BCUT2D eigenvalue weighted by molar-refractivity contribution is 0.168. The zero-order valence-electron chi connectivity index (χ0n) is 12.0. The molecule has 0 radical (unpaired) electrons. The second-order valence-electron chi connectivity index (χ2n) is 5.56. The monoisotopic (exact) mass is 357 g/mol. The van der Waals surface area contributed by atoms with Crippen LogP contribution in [-0.4, -0.2) is 25.5 Å². The Kier molecular flexibility index (Phi) is 4.20. The largest absolute Gasteiger partial charge is 0.486 e. The molecule has 0 spiro atoms. The number of benzene rings is 1. The maximum Gasteiger partial charge on any atom is 0.166 e. The fraction of sp³-hybridized carbons (Fsp3) is 0.600. The summed E-state index contributed by atoms with van der Waals surface area (Å²) < 4.78 is 12.8. The number of ether oxygens (including phenoxy) is 2. The second-order valence-corrected chi connectivity index (χ2v) is 7.58. The maximum atomic E-state index is 5.94. The van der Waals surface area contributed by atoms with E-state index in [0.29, 0.717) is 30.4 Å². The van der Waals surface area contributed by atoms with Crippen molar-refractivity contribution in [2.75, 3.05) is 20.3 Å². The molecule has 0 aliphatic carbocycles. The number of nitrogens with one attached hydrogen (secondary N) is 1. The van der Waals surface area contributed by atoms with Crippen LogP contribution in [0, 0.1) is 5.92 Å². The molecule has 0 saturated heterocycles. The number of hydrogen-bond acceptors (Lipinski definition) is 4. The Bertz CT molecular complexity index is 521. The number of fused-ring (bicyclic) bond motifs is 3. The molecule has 2 aliphatic rings. The summed E-state index contributed by atoms with van der Waals surface area (Å²) in [5, 5.41) is 4.04. The van der Waals surface area contributed by atoms with Gasteiger partial charge in [-0.05, 0) is 24.6 Å². The van der Waals surface area contributed by atoms with Crippen LogP contribution in [0.4, 0.5) is 0 Å². The summed E-state index contributed by atoms with van der Waals surface area (Å²) in [6, 6.07) is 2.35. The van der Waals surface area contributed by atoms with Gasteiger partial charge < -0.3 is 14.8 Å². The zero-order valence-corrected chi connectivity index (χ0v) is 14.4. The average molecular weight is 358 g/mol. The van der Waals surface area contributed by atoms with Crippen molar-refractivity contribution in [3.8, 4) is 11.5 Å². The smallest absolute Gasteiger partial charge is 0.166 e. The van der Waals surface area contributed by atoms with Crippen LogP contribution in [0.25, 0.3) is 0 Å². The van der Waals surface area contributed by atoms with Gasteiger partial charge in [-0.2, -0.15) is 11.8 Å². The predicted molar refractivity (Wildman–Crippen MR) is 86.9 cm³/mol. The van der Waals surface area contributed by atoms with E-state index >= 15 is 0 Å². The molecule has 0 aromatic heterocycles. The quantitative estimate of drug-likeness (QED) is 0.872. The third-order valence-corrected chi connectivity index (χ3v) is 6.32. The Morgan fingerprint density at radius 2 is 2.10 bits per heavy atom. The van der Waals surface area contributed by atoms with Crippen molar-refractivity contribution < 1.29 is 9.47 Å². The predicted octanol–water partition coefficient (Wildman–Crippen LogP) is 3.75. The Balaban J connectivity index is 2.15. The van der Waals surface area contributed by atoms with Gasteiger partial charge in [0.05, 0.1) is 0 Å². The molecule has 110 valence electrons. The molecule has 1 aromatic carbocycles. The highest BCUT2D eigenvalue weighted by Gasteiger charge is 2.36. The molecule has 20 heavy (non-hydrogen) atoms. The minimum absolute atomic E-state index is 0.302. The van der Waals surface area contributed by atoms with Gasteiger partial charge in [0.15, 0.2) is 11.5 Å². The summed E-state index contributed by atoms with van der Waals surface area (Å²) in [6.07, 6.45) is 0. The first-order valence-corrected chi connectivity index (χ1v) is 8.87. The summed E-state index contributed by atoms with van der Waals surface area (Å²) in [6.45, 7) is 5.84. The highest BCUT2D eigenvalue weighted by Crippen LogP contribution is 2.51. The first-order valence-electron chi connectivity index (χ1n) is 7.03. The third-order valence-electron chi connectivity index (χ3n) is 3.95. The number of halogens is 1. The molecular formula is C15H20BrNO2S. The van der Waals surface area contributed by atoms with Crippen molar-refractivity contribution in [1.82, 2.24) is 5.32 Å². The van der Waals surface area contributed by atoms with Crippen LogP contribution in [0.3, 0.4) is 0 Å². The van der Waals surface area contributed by atoms with E-state index in [1.165, 1.54) is 11.1 Å². The maximum absolute atomic E-state index is 5.94. The fourth-order valence-electron chi connectivity index (χ4n) is 3.02. The van der Waals surface area contributed by atoms with Crippen molar-refractivity contribution in [2.24, 2.45) is 5.92 Å². The number of thioether (sulfide) groups is 1. The van der Waals surface area contributed by atoms with Gasteiger partial charge >= 0.3 is 0 Å². The van der Waals surface area contributed by atoms with E-state index < -0.39 is 0 Å². The van der Waals surface area contributed by atoms with Gasteiger partial charge in [0.1, 0.15) is 13.2 Å². The molecule has 0 saturated carbocycles. The molecule has 3 rings (SSSR count). The fourth-order valence-corrected chi connectivity index (χ4v) is 5.29. The summed E-state index contributed by atoms with van der Waals surface area (Å²) in [4.78, 5) is 0. The van der Waals surface area contributed by atoms with Gasteiger partial charge in [-0.15, -0.1) is 0 Å². The molecule has 0 fully saturated rings. The molecule has 0 amide bonds. The van der Waals surface area contributed by atoms with E-state index in [0.717, 1.165) is 21.7 Å². The van der Waals surface area contributed by atoms with Gasteiger partial charge in [-0.25, -0.2) is 0 Å². The number of hydrogen-bond donors (Lipinski definition) is 1. The molecule has 2 atom stereocenters. The van der Waals surface area contributed by atoms with Crippen molar-refractivity contribution in [1.29, 1.82) is 0 Å². The summed E-state index contributed by atoms with van der Waals surface area (Å²) in [5.74, 6) is 3.45. The van der Waals surface area contributed by atoms with Crippen molar-refractivity contribution in [3.63, 3.8) is 0 Å². The van der Waals surface area contributed by atoms with Gasteiger partial charge in [-0.3, -0.25) is 0 Å². The number of rotatable bonds is 2. The molecule has 2 unspecified atom stereocenters. The van der Waals surface area contributed by atoms with Crippen LogP contribution in [-0.2, 0) is 5.75 Å². The highest BCUT2D eigenvalue weighted by atomic mass is 79.9.